The highest BCUT2D eigenvalue weighted by Crippen LogP contribution is 2.31. The molecule has 0 aromatic heterocycles. The standard InChI is InChI=1S/C10H17NO3/c1-10(2,3)14-9(12)11-5-4-7-8(6-11)13-7/h7-8H,4-6H2,1-3H3/t7?,8-/m1/s1. The molecule has 2 aliphatic heterocycles. The second-order valence-electron chi connectivity index (χ2n) is 4.93. The van der Waals surface area contributed by atoms with Gasteiger partial charge in [-0.3, -0.25) is 0 Å². The van der Waals surface area contributed by atoms with Gasteiger partial charge in [0.05, 0.1) is 12.6 Å². The van der Waals surface area contributed by atoms with Crippen LogP contribution in [0.2, 0.25) is 0 Å². The fourth-order valence-corrected chi connectivity index (χ4v) is 1.68. The normalized spacial score (nSPS) is 30.9. The smallest absolute Gasteiger partial charge is 0.410 e. The zero-order chi connectivity index (χ0) is 10.3. The maximum absolute atomic E-state index is 11.6. The molecule has 0 bridgehead atoms. The van der Waals surface area contributed by atoms with Crippen molar-refractivity contribution >= 4 is 6.09 Å². The van der Waals surface area contributed by atoms with Crippen LogP contribution in [0.3, 0.4) is 0 Å². The summed E-state index contributed by atoms with van der Waals surface area (Å²) in [6.45, 7) is 7.09. The molecule has 0 saturated carbocycles. The lowest BCUT2D eigenvalue weighted by Crippen LogP contribution is -2.42. The first-order valence-corrected chi connectivity index (χ1v) is 5.09. The van der Waals surface area contributed by atoms with Gasteiger partial charge in [-0.05, 0) is 27.2 Å². The van der Waals surface area contributed by atoms with Crippen LogP contribution >= 0.6 is 0 Å². The number of piperidine rings is 1. The maximum Gasteiger partial charge on any atom is 0.410 e. The molecule has 2 atom stereocenters. The van der Waals surface area contributed by atoms with E-state index in [1.165, 1.54) is 0 Å². The monoisotopic (exact) mass is 199 g/mol. The van der Waals surface area contributed by atoms with Crippen molar-refractivity contribution < 1.29 is 14.3 Å². The molecule has 1 amide bonds. The lowest BCUT2D eigenvalue weighted by Gasteiger charge is -2.28. The number of carbonyl (C=O) groups is 1. The van der Waals surface area contributed by atoms with Crippen LogP contribution in [0.4, 0.5) is 4.79 Å². The molecule has 2 fully saturated rings. The van der Waals surface area contributed by atoms with E-state index in [0.717, 1.165) is 13.0 Å². The Labute approximate surface area is 84.2 Å². The number of fused-ring (bicyclic) bond motifs is 1. The van der Waals surface area contributed by atoms with E-state index in [0.29, 0.717) is 12.6 Å². The summed E-state index contributed by atoms with van der Waals surface area (Å²) in [6, 6.07) is 0. The van der Waals surface area contributed by atoms with E-state index >= 15 is 0 Å². The van der Waals surface area contributed by atoms with Crippen LogP contribution < -0.4 is 0 Å². The van der Waals surface area contributed by atoms with E-state index in [1.54, 1.807) is 4.90 Å². The molecule has 0 aliphatic carbocycles. The van der Waals surface area contributed by atoms with Gasteiger partial charge in [0, 0.05) is 6.54 Å². The summed E-state index contributed by atoms with van der Waals surface area (Å²) in [7, 11) is 0. The van der Waals surface area contributed by atoms with Gasteiger partial charge in [0.2, 0.25) is 0 Å². The fraction of sp³-hybridized carbons (Fsp3) is 0.900. The highest BCUT2D eigenvalue weighted by molar-refractivity contribution is 5.68. The van der Waals surface area contributed by atoms with Crippen molar-refractivity contribution in [3.8, 4) is 0 Å². The number of nitrogens with zero attached hydrogens (tertiary/aromatic N) is 1. The third-order valence-corrected chi connectivity index (χ3v) is 2.42. The molecule has 1 unspecified atom stereocenters. The highest BCUT2D eigenvalue weighted by atomic mass is 16.6. The van der Waals surface area contributed by atoms with Crippen LogP contribution in [0.25, 0.3) is 0 Å². The second-order valence-corrected chi connectivity index (χ2v) is 4.93. The fourth-order valence-electron chi connectivity index (χ4n) is 1.68. The minimum absolute atomic E-state index is 0.216. The van der Waals surface area contributed by atoms with Crippen molar-refractivity contribution in [2.75, 3.05) is 13.1 Å². The van der Waals surface area contributed by atoms with Gasteiger partial charge in [0.1, 0.15) is 11.7 Å². The topological polar surface area (TPSA) is 42.1 Å². The predicted molar refractivity (Wildman–Crippen MR) is 51.1 cm³/mol. The molecule has 0 spiro atoms. The Bertz CT molecular complexity index is 246. The first kappa shape index (κ1) is 9.77. The number of likely N-dealkylation sites (tertiary alicyclic amines) is 1. The predicted octanol–water partition coefficient (Wildman–Crippen LogP) is 1.39. The summed E-state index contributed by atoms with van der Waals surface area (Å²) < 4.78 is 10.6. The summed E-state index contributed by atoms with van der Waals surface area (Å²) in [4.78, 5) is 13.4. The third kappa shape index (κ3) is 2.18. The average Bonchev–Trinajstić information content (AvgIpc) is 2.77. The van der Waals surface area contributed by atoms with Crippen LogP contribution in [0.15, 0.2) is 0 Å². The molecule has 2 rings (SSSR count). The summed E-state index contributed by atoms with van der Waals surface area (Å²) >= 11 is 0. The number of hydrogen-bond donors (Lipinski definition) is 0. The van der Waals surface area contributed by atoms with Crippen LogP contribution in [-0.2, 0) is 9.47 Å². The second kappa shape index (κ2) is 3.12. The molecule has 0 aromatic rings. The van der Waals surface area contributed by atoms with E-state index in [4.69, 9.17) is 9.47 Å². The highest BCUT2D eigenvalue weighted by Gasteiger charge is 2.45. The van der Waals surface area contributed by atoms with Gasteiger partial charge in [0.25, 0.3) is 0 Å². The van der Waals surface area contributed by atoms with Gasteiger partial charge in [-0.1, -0.05) is 0 Å². The van der Waals surface area contributed by atoms with E-state index in [9.17, 15) is 4.79 Å². The Morgan fingerprint density at radius 3 is 2.71 bits per heavy atom. The van der Waals surface area contributed by atoms with Crippen molar-refractivity contribution in [2.45, 2.75) is 45.0 Å². The number of rotatable bonds is 0. The molecule has 14 heavy (non-hydrogen) atoms. The van der Waals surface area contributed by atoms with Crippen molar-refractivity contribution in [1.29, 1.82) is 0 Å². The minimum Gasteiger partial charge on any atom is -0.444 e. The lowest BCUT2D eigenvalue weighted by atomic mass is 10.1. The number of carbonyl (C=O) groups excluding carboxylic acids is 1. The third-order valence-electron chi connectivity index (χ3n) is 2.42. The van der Waals surface area contributed by atoms with E-state index < -0.39 is 5.60 Å². The Hall–Kier alpha value is -0.770. The summed E-state index contributed by atoms with van der Waals surface area (Å²) in [5, 5.41) is 0. The molecular formula is C10H17NO3. The van der Waals surface area contributed by atoms with E-state index in [2.05, 4.69) is 0 Å². The summed E-state index contributed by atoms with van der Waals surface area (Å²) in [6.07, 6.45) is 1.42. The van der Waals surface area contributed by atoms with Gasteiger partial charge in [-0.25, -0.2) is 4.79 Å². The van der Waals surface area contributed by atoms with Crippen LogP contribution in [0, 0.1) is 0 Å². The minimum atomic E-state index is -0.404. The maximum atomic E-state index is 11.6. The van der Waals surface area contributed by atoms with Crippen LogP contribution in [-0.4, -0.2) is 41.9 Å². The van der Waals surface area contributed by atoms with Gasteiger partial charge in [-0.15, -0.1) is 0 Å². The van der Waals surface area contributed by atoms with E-state index in [1.807, 2.05) is 20.8 Å². The molecule has 2 heterocycles. The Morgan fingerprint density at radius 1 is 1.43 bits per heavy atom. The van der Waals surface area contributed by atoms with Gasteiger partial charge in [0.15, 0.2) is 0 Å². The number of ether oxygens (including phenoxy) is 2. The Kier molecular flexibility index (Phi) is 2.18. The molecule has 4 heteroatoms. The molecule has 0 N–H and O–H groups in total. The van der Waals surface area contributed by atoms with Crippen LogP contribution in [0.5, 0.6) is 0 Å². The average molecular weight is 199 g/mol. The molecule has 2 saturated heterocycles. The van der Waals surface area contributed by atoms with Crippen molar-refractivity contribution in [3.63, 3.8) is 0 Å². The molecule has 4 nitrogen and oxygen atoms in total. The lowest BCUT2D eigenvalue weighted by molar-refractivity contribution is 0.0229. The summed E-state index contributed by atoms with van der Waals surface area (Å²) in [5.41, 5.74) is -0.404. The van der Waals surface area contributed by atoms with E-state index in [-0.39, 0.29) is 12.2 Å². The van der Waals surface area contributed by atoms with Crippen molar-refractivity contribution in [2.24, 2.45) is 0 Å². The largest absolute Gasteiger partial charge is 0.444 e. The number of hydrogen-bond acceptors (Lipinski definition) is 3. The molecule has 2 aliphatic rings. The van der Waals surface area contributed by atoms with Crippen molar-refractivity contribution in [3.05, 3.63) is 0 Å². The molecule has 0 aromatic carbocycles. The summed E-state index contributed by atoms with van der Waals surface area (Å²) in [5.74, 6) is 0. The quantitative estimate of drug-likeness (QED) is 0.554. The zero-order valence-corrected chi connectivity index (χ0v) is 8.95. The molecule has 80 valence electrons. The first-order chi connectivity index (χ1) is 6.46. The zero-order valence-electron chi connectivity index (χ0n) is 8.95. The Morgan fingerprint density at radius 2 is 2.14 bits per heavy atom. The Balaban J connectivity index is 1.85. The SMILES string of the molecule is CC(C)(C)OC(=O)N1CCC2O[C@@H]2C1. The molecular weight excluding hydrogens is 182 g/mol. The number of epoxide rings is 1. The molecule has 0 radical (unpaired) electrons. The van der Waals surface area contributed by atoms with Gasteiger partial charge in [-0.2, -0.15) is 0 Å². The van der Waals surface area contributed by atoms with Gasteiger partial charge >= 0.3 is 6.09 Å². The van der Waals surface area contributed by atoms with Crippen LogP contribution in [0.1, 0.15) is 27.2 Å². The van der Waals surface area contributed by atoms with Gasteiger partial charge < -0.3 is 14.4 Å². The first-order valence-electron chi connectivity index (χ1n) is 5.09. The number of amides is 1. The van der Waals surface area contributed by atoms with Crippen molar-refractivity contribution in [1.82, 2.24) is 4.90 Å².